The number of phenols is 1. The number of aryl methyl sites for hydroxylation is 1. The third-order valence-corrected chi connectivity index (χ3v) is 7.42. The van der Waals surface area contributed by atoms with Gasteiger partial charge < -0.3 is 5.11 Å². The first-order valence-electron chi connectivity index (χ1n) is 12.8. The Morgan fingerprint density at radius 1 is 0.800 bits per heavy atom. The van der Waals surface area contributed by atoms with Crippen molar-refractivity contribution in [2.45, 2.75) is 25.0 Å². The van der Waals surface area contributed by atoms with E-state index in [-0.39, 0.29) is 68.4 Å². The Labute approximate surface area is 282 Å². The second-order valence-corrected chi connectivity index (χ2v) is 11.0. The van der Waals surface area contributed by atoms with Gasteiger partial charge in [0.1, 0.15) is 18.9 Å². The predicted octanol–water partition coefficient (Wildman–Crippen LogP) is 8.19. The molecule has 0 amide bonds. The summed E-state index contributed by atoms with van der Waals surface area (Å²) in [4.78, 5) is 11.8. The summed E-state index contributed by atoms with van der Waals surface area (Å²) in [7, 11) is -4.61. The molecule has 5 rings (SSSR count). The minimum Gasteiger partial charge on any atom is -0.505 e. The van der Waals surface area contributed by atoms with Crippen LogP contribution >= 0.6 is 0 Å². The van der Waals surface area contributed by atoms with Gasteiger partial charge in [0, 0.05) is 11.1 Å². The molecule has 15 heteroatoms. The maximum atomic E-state index is 11.9. The number of aromatic hydroxyl groups is 1. The quantitative estimate of drug-likeness (QED) is 0.0279. The van der Waals surface area contributed by atoms with Crippen molar-refractivity contribution >= 4 is 66.8 Å². The topological polar surface area (TPSA) is 195 Å². The largest absolute Gasteiger partial charge is 3.00 e. The molecule has 0 aliphatic carbocycles. The molecule has 0 aliphatic heterocycles. The maximum absolute atomic E-state index is 11.9. The van der Waals surface area contributed by atoms with Crippen LogP contribution in [0.1, 0.15) is 16.7 Å². The van der Waals surface area contributed by atoms with E-state index in [1.807, 2.05) is 6.07 Å². The summed E-state index contributed by atoms with van der Waals surface area (Å²) in [6, 6.07) is 20.1. The van der Waals surface area contributed by atoms with Gasteiger partial charge in [-0.05, 0) is 83.1 Å². The number of hydrogen-bond donors (Lipinski definition) is 4. The Hall–Kier alpha value is -3.86. The van der Waals surface area contributed by atoms with Crippen LogP contribution in [-0.4, -0.2) is 35.3 Å². The average molecular weight is 704 g/mol. The molecule has 0 atom stereocenters. The van der Waals surface area contributed by atoms with Gasteiger partial charge in [0.15, 0.2) is 5.75 Å². The fourth-order valence-corrected chi connectivity index (χ4v) is 5.08. The van der Waals surface area contributed by atoms with Gasteiger partial charge in [-0.3, -0.25) is 20.1 Å². The number of hydrogen-bond acceptors (Lipinski definition) is 12. The molecule has 0 saturated heterocycles. The number of rotatable bonds is 10. The summed E-state index contributed by atoms with van der Waals surface area (Å²) < 4.78 is 33.5. The number of aliphatic imine (C=N–C) groups is 1. The second kappa shape index (κ2) is 14.5. The van der Waals surface area contributed by atoms with E-state index >= 15 is 0 Å². The van der Waals surface area contributed by atoms with Crippen LogP contribution < -0.4 is 0 Å². The van der Waals surface area contributed by atoms with Crippen molar-refractivity contribution in [1.29, 1.82) is 0 Å². The smallest absolute Gasteiger partial charge is 0.505 e. The van der Waals surface area contributed by atoms with Crippen molar-refractivity contribution in [2.75, 3.05) is 0 Å². The minimum absolute atomic E-state index is 0. The summed E-state index contributed by atoms with van der Waals surface area (Å²) in [5.74, 6) is -0.115. The first kappa shape index (κ1) is 34.0. The molecule has 0 spiro atoms. The monoisotopic (exact) mass is 703 g/mol. The number of benzene rings is 5. The summed E-state index contributed by atoms with van der Waals surface area (Å²) in [6.07, 6.45) is 0. The fourth-order valence-electron chi connectivity index (χ4n) is 4.60. The van der Waals surface area contributed by atoms with Gasteiger partial charge in [0.25, 0.3) is 10.1 Å². The zero-order valence-corrected chi connectivity index (χ0v) is 27.3. The van der Waals surface area contributed by atoms with Crippen molar-refractivity contribution in [1.82, 2.24) is 0 Å². The zero-order valence-electron chi connectivity index (χ0n) is 23.6. The van der Waals surface area contributed by atoms with E-state index in [9.17, 15) is 18.1 Å². The summed E-state index contributed by atoms with van der Waals surface area (Å²) >= 11 is 0. The van der Waals surface area contributed by atoms with Crippen LogP contribution in [0.5, 0.6) is 5.75 Å². The minimum atomic E-state index is -4.61. The van der Waals surface area contributed by atoms with Crippen LogP contribution in [0.25, 0.3) is 21.5 Å². The van der Waals surface area contributed by atoms with Crippen molar-refractivity contribution in [3.05, 3.63) is 89.5 Å². The van der Waals surface area contributed by atoms with Crippen molar-refractivity contribution in [3.8, 4) is 5.75 Å². The van der Waals surface area contributed by atoms with E-state index in [0.29, 0.717) is 44.5 Å². The molecule has 224 valence electrons. The molecule has 13 nitrogen and oxygen atoms in total. The third kappa shape index (κ3) is 7.69. The average Bonchev–Trinajstić information content (AvgIpc) is 2.99. The molecular formula is C30H24N5O8SY+2. The van der Waals surface area contributed by atoms with E-state index in [1.165, 1.54) is 18.2 Å². The van der Waals surface area contributed by atoms with E-state index in [4.69, 9.17) is 10.5 Å². The summed E-state index contributed by atoms with van der Waals surface area (Å²) in [6.45, 7) is 5.00. The standard InChI is InChI=1S/C30H24N5O8S.Y/c1-17-9-20-3-4-21(31-2)13-25(20)30(36)29(17)35-34-28-8-7-27(24-6-5-23(14-26(24)28)44(39,40)41)33-32-22-11-18(15-42-37)10-19(12-22)16-43-38;/h3-4,6-14,36-38H,2,15-16H2,1H3,(H,39,40,41);/q-1;+3. The number of phenolic OH excluding ortho intramolecular Hbond substituents is 1. The van der Waals surface area contributed by atoms with Crippen LogP contribution in [0.15, 0.2) is 97.1 Å². The fraction of sp³-hybridized carbons (Fsp3) is 0.100. The molecule has 0 heterocycles. The molecule has 0 unspecified atom stereocenters. The molecule has 0 bridgehead atoms. The Morgan fingerprint density at radius 3 is 2.07 bits per heavy atom. The van der Waals surface area contributed by atoms with Crippen LogP contribution in [0.3, 0.4) is 0 Å². The van der Waals surface area contributed by atoms with E-state index in [1.54, 1.807) is 49.4 Å². The summed E-state index contributed by atoms with van der Waals surface area (Å²) in [5.41, 5.74) is 3.33. The van der Waals surface area contributed by atoms with E-state index in [2.05, 4.69) is 48.0 Å². The normalized spacial score (nSPS) is 11.9. The first-order chi connectivity index (χ1) is 21.1. The van der Waals surface area contributed by atoms with Crippen molar-refractivity contribution in [2.24, 2.45) is 25.4 Å². The first-order valence-corrected chi connectivity index (χ1v) is 14.2. The molecule has 0 fully saturated rings. The number of nitrogens with zero attached hydrogens (tertiary/aromatic N) is 5. The van der Waals surface area contributed by atoms with E-state index < -0.39 is 15.0 Å². The molecular weight excluding hydrogens is 679 g/mol. The third-order valence-electron chi connectivity index (χ3n) is 6.63. The SMILES string of the molecule is C=Nc1ccc2cc(C)c(N=Nc3ccc(N=Nc4cc(COO)cc(COO)c4)c4c[c-]c(S(=O)(=O)O)cc34)c(O)c2c1.[Y+3]. The predicted molar refractivity (Wildman–Crippen MR) is 162 cm³/mol. The van der Waals surface area contributed by atoms with Gasteiger partial charge in [-0.1, -0.05) is 22.9 Å². The maximum Gasteiger partial charge on any atom is 3.00 e. The van der Waals surface area contributed by atoms with Crippen LogP contribution in [0.2, 0.25) is 0 Å². The molecule has 0 radical (unpaired) electrons. The van der Waals surface area contributed by atoms with Crippen molar-refractivity contribution in [3.63, 3.8) is 0 Å². The zero-order chi connectivity index (χ0) is 31.4. The van der Waals surface area contributed by atoms with Gasteiger partial charge in [0.05, 0.1) is 17.1 Å². The molecule has 0 aliphatic rings. The molecule has 0 saturated carbocycles. The molecule has 5 aromatic carbocycles. The molecule has 4 N–H and O–H groups in total. The Bertz CT molecular complexity index is 2060. The van der Waals surface area contributed by atoms with Gasteiger partial charge in [0.2, 0.25) is 0 Å². The number of azo groups is 2. The number of fused-ring (bicyclic) bond motifs is 2. The van der Waals surface area contributed by atoms with Crippen LogP contribution in [0, 0.1) is 13.0 Å². The Morgan fingerprint density at radius 2 is 1.44 bits per heavy atom. The van der Waals surface area contributed by atoms with Gasteiger partial charge in [-0.15, -0.1) is 11.2 Å². The van der Waals surface area contributed by atoms with Gasteiger partial charge in [-0.25, -0.2) is 9.78 Å². The summed E-state index contributed by atoms with van der Waals surface area (Å²) in [5, 5.41) is 47.8. The Balaban J connectivity index is 0.00000461. The van der Waals surface area contributed by atoms with Crippen LogP contribution in [0.4, 0.5) is 28.4 Å². The van der Waals surface area contributed by atoms with Crippen LogP contribution in [-0.2, 0) is 65.8 Å². The van der Waals surface area contributed by atoms with E-state index in [0.717, 1.165) is 5.39 Å². The second-order valence-electron chi connectivity index (χ2n) is 9.61. The van der Waals surface area contributed by atoms with Crippen molar-refractivity contribution < 1.29 is 71.1 Å². The molecule has 45 heavy (non-hydrogen) atoms. The van der Waals surface area contributed by atoms with Gasteiger partial charge in [-0.2, -0.15) is 35.9 Å². The Kier molecular flexibility index (Phi) is 11.0. The molecule has 5 aromatic rings. The van der Waals surface area contributed by atoms with Gasteiger partial charge >= 0.3 is 32.7 Å². The molecule has 0 aromatic heterocycles.